The lowest BCUT2D eigenvalue weighted by molar-refractivity contribution is -0.116. The quantitative estimate of drug-likeness (QED) is 0.657. The highest BCUT2D eigenvalue weighted by atomic mass is 32.2. The molecular formula is C22H24N4O4S. The lowest BCUT2D eigenvalue weighted by atomic mass is 10.1. The predicted molar refractivity (Wildman–Crippen MR) is 118 cm³/mol. The van der Waals surface area contributed by atoms with Gasteiger partial charge in [-0.1, -0.05) is 18.6 Å². The van der Waals surface area contributed by atoms with Gasteiger partial charge in [-0.2, -0.15) is 4.31 Å². The Bertz CT molecular complexity index is 1270. The molecule has 1 atom stereocenters. The highest BCUT2D eigenvalue weighted by Gasteiger charge is 2.30. The summed E-state index contributed by atoms with van der Waals surface area (Å²) in [5, 5.41) is 3.14. The average Bonchev–Trinajstić information content (AvgIpc) is 2.76. The molecule has 2 aromatic carbocycles. The van der Waals surface area contributed by atoms with Crippen molar-refractivity contribution < 1.29 is 13.2 Å². The van der Waals surface area contributed by atoms with Gasteiger partial charge in [0.1, 0.15) is 6.54 Å². The molecule has 1 aliphatic rings. The minimum absolute atomic E-state index is 0.0213. The topological polar surface area (TPSA) is 101 Å². The van der Waals surface area contributed by atoms with Crippen LogP contribution < -0.4 is 10.9 Å². The van der Waals surface area contributed by atoms with E-state index in [0.717, 1.165) is 19.3 Å². The second-order valence-electron chi connectivity index (χ2n) is 7.73. The van der Waals surface area contributed by atoms with E-state index in [1.165, 1.54) is 23.0 Å². The zero-order chi connectivity index (χ0) is 22.0. The van der Waals surface area contributed by atoms with Crippen molar-refractivity contribution in [2.24, 2.45) is 0 Å². The zero-order valence-corrected chi connectivity index (χ0v) is 18.0. The molecule has 0 radical (unpaired) electrons. The summed E-state index contributed by atoms with van der Waals surface area (Å²) in [6.07, 6.45) is 4.10. The predicted octanol–water partition coefficient (Wildman–Crippen LogP) is 2.60. The Morgan fingerprint density at radius 1 is 1.13 bits per heavy atom. The Kier molecular flexibility index (Phi) is 5.88. The highest BCUT2D eigenvalue weighted by molar-refractivity contribution is 7.89. The fourth-order valence-corrected chi connectivity index (χ4v) is 5.55. The van der Waals surface area contributed by atoms with E-state index in [1.54, 1.807) is 40.7 Å². The normalized spacial score (nSPS) is 17.5. The first kappa shape index (κ1) is 21.2. The van der Waals surface area contributed by atoms with Crippen LogP contribution in [0.25, 0.3) is 10.9 Å². The Hall–Kier alpha value is -3.04. The summed E-state index contributed by atoms with van der Waals surface area (Å²) in [4.78, 5) is 29.3. The highest BCUT2D eigenvalue weighted by Crippen LogP contribution is 2.25. The lowest BCUT2D eigenvalue weighted by Crippen LogP contribution is -2.41. The number of benzene rings is 2. The van der Waals surface area contributed by atoms with Crippen LogP contribution >= 0.6 is 0 Å². The Labute approximate surface area is 180 Å². The number of sulfonamides is 1. The standard InChI is InChI=1S/C22H24N4O4S/c1-16-6-4-5-13-26(16)31(29,30)18-11-9-17(10-12-18)24-21(27)14-25-15-23-20-8-3-2-7-19(20)22(25)28/h2-3,7-12,15-16H,4-6,13-14H2,1H3,(H,24,27)/t16-/m1/s1. The van der Waals surface area contributed by atoms with Crippen molar-refractivity contribution in [3.63, 3.8) is 0 Å². The van der Waals surface area contributed by atoms with E-state index in [2.05, 4.69) is 10.3 Å². The summed E-state index contributed by atoms with van der Waals surface area (Å²) in [6.45, 7) is 2.26. The maximum Gasteiger partial charge on any atom is 0.261 e. The number of hydrogen-bond donors (Lipinski definition) is 1. The van der Waals surface area contributed by atoms with Crippen LogP contribution in [0, 0.1) is 0 Å². The van der Waals surface area contributed by atoms with E-state index < -0.39 is 15.9 Å². The Balaban J connectivity index is 1.46. The largest absolute Gasteiger partial charge is 0.325 e. The number of fused-ring (bicyclic) bond motifs is 1. The van der Waals surface area contributed by atoms with E-state index in [0.29, 0.717) is 23.1 Å². The van der Waals surface area contributed by atoms with Crippen LogP contribution in [-0.4, -0.2) is 40.8 Å². The second-order valence-corrected chi connectivity index (χ2v) is 9.62. The summed E-state index contributed by atoms with van der Waals surface area (Å²) >= 11 is 0. The lowest BCUT2D eigenvalue weighted by Gasteiger charge is -2.32. The van der Waals surface area contributed by atoms with Crippen LogP contribution in [0.2, 0.25) is 0 Å². The van der Waals surface area contributed by atoms with Gasteiger partial charge in [0.15, 0.2) is 0 Å². The van der Waals surface area contributed by atoms with Gasteiger partial charge in [-0.3, -0.25) is 14.2 Å². The van der Waals surface area contributed by atoms with Crippen LogP contribution in [0.1, 0.15) is 26.2 Å². The summed E-state index contributed by atoms with van der Waals surface area (Å²) in [5.41, 5.74) is 0.735. The molecule has 1 saturated heterocycles. The van der Waals surface area contributed by atoms with Crippen molar-refractivity contribution in [3.8, 4) is 0 Å². The molecule has 0 aliphatic carbocycles. The SMILES string of the molecule is C[C@@H]1CCCCN1S(=O)(=O)c1ccc(NC(=O)Cn2cnc3ccccc3c2=O)cc1. The van der Waals surface area contributed by atoms with Crippen LogP contribution in [-0.2, 0) is 21.4 Å². The number of carbonyl (C=O) groups is 1. The molecule has 0 unspecified atom stereocenters. The fraction of sp³-hybridized carbons (Fsp3) is 0.318. The molecule has 1 amide bonds. The molecule has 1 fully saturated rings. The molecule has 9 heteroatoms. The van der Waals surface area contributed by atoms with Crippen molar-refractivity contribution in [2.75, 3.05) is 11.9 Å². The molecule has 31 heavy (non-hydrogen) atoms. The monoisotopic (exact) mass is 440 g/mol. The molecular weight excluding hydrogens is 416 g/mol. The number of piperidine rings is 1. The molecule has 4 rings (SSSR count). The number of anilines is 1. The van der Waals surface area contributed by atoms with Crippen molar-refractivity contribution in [1.29, 1.82) is 0 Å². The first-order valence-corrected chi connectivity index (χ1v) is 11.7. The van der Waals surface area contributed by atoms with Crippen LogP contribution in [0.15, 0.2) is 64.5 Å². The molecule has 1 aromatic heterocycles. The van der Waals surface area contributed by atoms with E-state index in [9.17, 15) is 18.0 Å². The Morgan fingerprint density at radius 2 is 1.87 bits per heavy atom. The first-order valence-electron chi connectivity index (χ1n) is 10.2. The van der Waals surface area contributed by atoms with Gasteiger partial charge in [-0.15, -0.1) is 0 Å². The molecule has 2 heterocycles. The number of nitrogens with zero attached hydrogens (tertiary/aromatic N) is 3. The number of rotatable bonds is 5. The number of aromatic nitrogens is 2. The van der Waals surface area contributed by atoms with Crippen LogP contribution in [0.4, 0.5) is 5.69 Å². The summed E-state index contributed by atoms with van der Waals surface area (Å²) in [5.74, 6) is -0.403. The molecule has 1 aliphatic heterocycles. The van der Waals surface area contributed by atoms with Crippen molar-refractivity contribution >= 4 is 32.5 Å². The summed E-state index contributed by atoms with van der Waals surface area (Å²) in [6, 6.07) is 13.0. The Morgan fingerprint density at radius 3 is 2.61 bits per heavy atom. The maximum atomic E-state index is 12.9. The zero-order valence-electron chi connectivity index (χ0n) is 17.2. The smallest absolute Gasteiger partial charge is 0.261 e. The molecule has 1 N–H and O–H groups in total. The van der Waals surface area contributed by atoms with Crippen molar-refractivity contribution in [2.45, 2.75) is 43.7 Å². The number of para-hydroxylation sites is 1. The van der Waals surface area contributed by atoms with Crippen molar-refractivity contribution in [1.82, 2.24) is 13.9 Å². The van der Waals surface area contributed by atoms with Gasteiger partial charge in [0, 0.05) is 18.3 Å². The molecule has 0 bridgehead atoms. The van der Waals surface area contributed by atoms with E-state index in [-0.39, 0.29) is 23.0 Å². The third-order valence-electron chi connectivity index (χ3n) is 5.53. The summed E-state index contributed by atoms with van der Waals surface area (Å²) in [7, 11) is -3.56. The summed E-state index contributed by atoms with van der Waals surface area (Å²) < 4.78 is 28.6. The van der Waals surface area contributed by atoms with Gasteiger partial charge in [-0.25, -0.2) is 13.4 Å². The molecule has 8 nitrogen and oxygen atoms in total. The van der Waals surface area contributed by atoms with Crippen LogP contribution in [0.3, 0.4) is 0 Å². The number of carbonyl (C=O) groups excluding carboxylic acids is 1. The molecule has 3 aromatic rings. The molecule has 162 valence electrons. The molecule has 0 saturated carbocycles. The maximum absolute atomic E-state index is 12.9. The van der Waals surface area contributed by atoms with E-state index in [1.807, 2.05) is 6.92 Å². The fourth-order valence-electron chi connectivity index (χ4n) is 3.85. The first-order chi connectivity index (χ1) is 14.9. The van der Waals surface area contributed by atoms with Gasteiger partial charge in [-0.05, 0) is 56.2 Å². The number of amides is 1. The number of nitrogens with one attached hydrogen (secondary N) is 1. The average molecular weight is 441 g/mol. The van der Waals surface area contributed by atoms with Gasteiger partial charge < -0.3 is 5.32 Å². The van der Waals surface area contributed by atoms with E-state index in [4.69, 9.17) is 0 Å². The van der Waals surface area contributed by atoms with Crippen LogP contribution in [0.5, 0.6) is 0 Å². The van der Waals surface area contributed by atoms with Crippen molar-refractivity contribution in [3.05, 3.63) is 65.2 Å². The van der Waals surface area contributed by atoms with Gasteiger partial charge in [0.25, 0.3) is 5.56 Å². The van der Waals surface area contributed by atoms with Gasteiger partial charge in [0.05, 0.1) is 22.1 Å². The number of hydrogen-bond acceptors (Lipinski definition) is 5. The van der Waals surface area contributed by atoms with Gasteiger partial charge in [0.2, 0.25) is 15.9 Å². The minimum atomic E-state index is -3.56. The van der Waals surface area contributed by atoms with E-state index >= 15 is 0 Å². The molecule has 0 spiro atoms. The van der Waals surface area contributed by atoms with Gasteiger partial charge >= 0.3 is 0 Å². The third kappa shape index (κ3) is 4.38. The minimum Gasteiger partial charge on any atom is -0.325 e. The third-order valence-corrected chi connectivity index (χ3v) is 7.56. The second kappa shape index (κ2) is 8.60.